The first-order valence-electron chi connectivity index (χ1n) is 8.05. The van der Waals surface area contributed by atoms with Gasteiger partial charge >= 0.3 is 6.03 Å². The van der Waals surface area contributed by atoms with Gasteiger partial charge in [-0.05, 0) is 44.5 Å². The van der Waals surface area contributed by atoms with E-state index in [-0.39, 0.29) is 16.8 Å². The van der Waals surface area contributed by atoms with Crippen LogP contribution in [0.3, 0.4) is 0 Å². The molecule has 1 N–H and O–H groups in total. The molecule has 2 aliphatic rings. The van der Waals surface area contributed by atoms with Crippen LogP contribution in [0.5, 0.6) is 0 Å². The zero-order valence-corrected chi connectivity index (χ0v) is 14.6. The van der Waals surface area contributed by atoms with Crippen LogP contribution in [0.2, 0.25) is 0 Å². The second kappa shape index (κ2) is 6.18. The molecule has 1 aromatic carbocycles. The van der Waals surface area contributed by atoms with Crippen LogP contribution in [-0.2, 0) is 14.8 Å². The molecule has 8 heteroatoms. The highest BCUT2D eigenvalue weighted by molar-refractivity contribution is 7.89. The largest absolute Gasteiger partial charge is 0.332 e. The number of nitrogens with zero attached hydrogens (tertiary/aromatic N) is 2. The third-order valence-electron chi connectivity index (χ3n) is 4.68. The maximum atomic E-state index is 12.7. The molecule has 3 rings (SSSR count). The third-order valence-corrected chi connectivity index (χ3v) is 6.24. The molecular weight excluding hydrogens is 330 g/mol. The van der Waals surface area contributed by atoms with E-state index < -0.39 is 16.1 Å². The van der Waals surface area contributed by atoms with Crippen molar-refractivity contribution < 1.29 is 18.0 Å². The van der Waals surface area contributed by atoms with Gasteiger partial charge in [0.1, 0.15) is 6.04 Å². The standard InChI is InChI=1S/C16H21N3O4S/c1-11-7-8-12(10-14(11)24(22,23)17-2)19-15(20)13-6-4-3-5-9-18(13)16(19)21/h7-8,10,13,17H,3-6,9H2,1-2H3. The second-order valence-electron chi connectivity index (χ2n) is 6.17. The number of carbonyl (C=O) groups excluding carboxylic acids is 2. The summed E-state index contributed by atoms with van der Waals surface area (Å²) >= 11 is 0. The Morgan fingerprint density at radius 3 is 2.62 bits per heavy atom. The Morgan fingerprint density at radius 2 is 1.92 bits per heavy atom. The van der Waals surface area contributed by atoms with Crippen molar-refractivity contribution in [3.05, 3.63) is 23.8 Å². The minimum atomic E-state index is -3.66. The van der Waals surface area contributed by atoms with Crippen LogP contribution in [0.1, 0.15) is 31.2 Å². The molecule has 7 nitrogen and oxygen atoms in total. The van der Waals surface area contributed by atoms with Crippen molar-refractivity contribution in [3.8, 4) is 0 Å². The number of amides is 3. The first-order valence-corrected chi connectivity index (χ1v) is 9.54. The molecular formula is C16H21N3O4S. The number of sulfonamides is 1. The summed E-state index contributed by atoms with van der Waals surface area (Å²) in [7, 11) is -2.33. The van der Waals surface area contributed by atoms with E-state index in [4.69, 9.17) is 0 Å². The summed E-state index contributed by atoms with van der Waals surface area (Å²) in [6.07, 6.45) is 3.48. The lowest BCUT2D eigenvalue weighted by Crippen LogP contribution is -2.34. The number of urea groups is 1. The van der Waals surface area contributed by atoms with Gasteiger partial charge in [-0.25, -0.2) is 22.8 Å². The average Bonchev–Trinajstić information content (AvgIpc) is 2.74. The van der Waals surface area contributed by atoms with Gasteiger partial charge in [-0.2, -0.15) is 0 Å². The van der Waals surface area contributed by atoms with E-state index in [9.17, 15) is 18.0 Å². The Bertz CT molecular complexity index is 767. The highest BCUT2D eigenvalue weighted by Gasteiger charge is 2.46. The fourth-order valence-corrected chi connectivity index (χ4v) is 4.32. The molecule has 1 unspecified atom stereocenters. The Labute approximate surface area is 141 Å². The topological polar surface area (TPSA) is 86.8 Å². The number of nitrogens with one attached hydrogen (secondary N) is 1. The molecule has 0 aromatic heterocycles. The monoisotopic (exact) mass is 351 g/mol. The lowest BCUT2D eigenvalue weighted by Gasteiger charge is -2.18. The molecule has 2 fully saturated rings. The number of carbonyl (C=O) groups is 2. The number of anilines is 1. The normalized spacial score (nSPS) is 21.8. The number of hydrogen-bond donors (Lipinski definition) is 1. The Morgan fingerprint density at radius 1 is 1.17 bits per heavy atom. The van der Waals surface area contributed by atoms with Gasteiger partial charge in [-0.1, -0.05) is 18.9 Å². The van der Waals surface area contributed by atoms with E-state index in [0.717, 1.165) is 24.2 Å². The summed E-state index contributed by atoms with van der Waals surface area (Å²) in [6.45, 7) is 2.24. The van der Waals surface area contributed by atoms with Gasteiger partial charge in [0.2, 0.25) is 10.0 Å². The van der Waals surface area contributed by atoms with E-state index >= 15 is 0 Å². The molecule has 0 spiro atoms. The molecule has 0 bridgehead atoms. The van der Waals surface area contributed by atoms with E-state index in [1.807, 2.05) is 0 Å². The second-order valence-corrected chi connectivity index (χ2v) is 8.03. The molecule has 2 aliphatic heterocycles. The number of aryl methyl sites for hydroxylation is 1. The molecule has 130 valence electrons. The first-order chi connectivity index (χ1) is 11.4. The quantitative estimate of drug-likeness (QED) is 0.838. The third kappa shape index (κ3) is 2.69. The van der Waals surface area contributed by atoms with Gasteiger partial charge in [-0.15, -0.1) is 0 Å². The van der Waals surface area contributed by atoms with Gasteiger partial charge in [0.15, 0.2) is 0 Å². The van der Waals surface area contributed by atoms with E-state index in [1.165, 1.54) is 13.1 Å². The Hall–Kier alpha value is -1.93. The average molecular weight is 351 g/mol. The number of rotatable bonds is 3. The number of benzene rings is 1. The van der Waals surface area contributed by atoms with E-state index in [2.05, 4.69) is 4.72 Å². The summed E-state index contributed by atoms with van der Waals surface area (Å²) in [5, 5.41) is 0. The molecule has 24 heavy (non-hydrogen) atoms. The summed E-state index contributed by atoms with van der Waals surface area (Å²) in [5.41, 5.74) is 0.860. The fraction of sp³-hybridized carbons (Fsp3) is 0.500. The predicted molar refractivity (Wildman–Crippen MR) is 89.3 cm³/mol. The van der Waals surface area contributed by atoms with Crippen molar-refractivity contribution in [3.63, 3.8) is 0 Å². The molecule has 3 amide bonds. The van der Waals surface area contributed by atoms with E-state index in [0.29, 0.717) is 24.2 Å². The van der Waals surface area contributed by atoms with Crippen molar-refractivity contribution >= 4 is 27.6 Å². The maximum absolute atomic E-state index is 12.7. The highest BCUT2D eigenvalue weighted by Crippen LogP contribution is 2.31. The molecule has 0 saturated carbocycles. The Kier molecular flexibility index (Phi) is 4.35. The first kappa shape index (κ1) is 16.9. The summed E-state index contributed by atoms with van der Waals surface area (Å²) in [6, 6.07) is 3.84. The van der Waals surface area contributed by atoms with Crippen molar-refractivity contribution in [1.29, 1.82) is 0 Å². The fourth-order valence-electron chi connectivity index (χ4n) is 3.33. The Balaban J connectivity index is 2.02. The highest BCUT2D eigenvalue weighted by atomic mass is 32.2. The van der Waals surface area contributed by atoms with Gasteiger partial charge in [0, 0.05) is 6.54 Å². The summed E-state index contributed by atoms with van der Waals surface area (Å²) in [5.74, 6) is -0.265. The molecule has 0 aliphatic carbocycles. The number of imide groups is 1. The predicted octanol–water partition coefficient (Wildman–Crippen LogP) is 1.61. The van der Waals surface area contributed by atoms with E-state index in [1.54, 1.807) is 24.0 Å². The van der Waals surface area contributed by atoms with Crippen LogP contribution in [0, 0.1) is 6.92 Å². The minimum Gasteiger partial charge on any atom is -0.312 e. The van der Waals surface area contributed by atoms with Crippen molar-refractivity contribution in [2.24, 2.45) is 0 Å². The summed E-state index contributed by atoms with van der Waals surface area (Å²) < 4.78 is 26.5. The molecule has 1 atom stereocenters. The number of fused-ring (bicyclic) bond motifs is 1. The molecule has 2 heterocycles. The lowest BCUT2D eigenvalue weighted by molar-refractivity contribution is -0.119. The van der Waals surface area contributed by atoms with Crippen molar-refractivity contribution in [1.82, 2.24) is 9.62 Å². The van der Waals surface area contributed by atoms with Gasteiger partial charge in [-0.3, -0.25) is 4.79 Å². The molecule has 1 aromatic rings. The van der Waals surface area contributed by atoms with Crippen molar-refractivity contribution in [2.75, 3.05) is 18.5 Å². The van der Waals surface area contributed by atoms with Crippen LogP contribution in [-0.4, -0.2) is 44.9 Å². The lowest BCUT2D eigenvalue weighted by atomic mass is 10.1. The number of hydrogen-bond acceptors (Lipinski definition) is 4. The van der Waals surface area contributed by atoms with Crippen LogP contribution in [0.4, 0.5) is 10.5 Å². The van der Waals surface area contributed by atoms with Gasteiger partial charge < -0.3 is 4.90 Å². The van der Waals surface area contributed by atoms with Gasteiger partial charge in [0.25, 0.3) is 5.91 Å². The van der Waals surface area contributed by atoms with Crippen LogP contribution >= 0.6 is 0 Å². The maximum Gasteiger partial charge on any atom is 0.332 e. The zero-order valence-electron chi connectivity index (χ0n) is 13.8. The van der Waals surface area contributed by atoms with Crippen molar-refractivity contribution in [2.45, 2.75) is 43.5 Å². The molecule has 2 saturated heterocycles. The SMILES string of the molecule is CNS(=O)(=O)c1cc(N2C(=O)C3CCCCCN3C2=O)ccc1C. The minimum absolute atomic E-state index is 0.0743. The van der Waals surface area contributed by atoms with Crippen LogP contribution in [0.25, 0.3) is 0 Å². The van der Waals surface area contributed by atoms with Gasteiger partial charge in [0.05, 0.1) is 10.6 Å². The smallest absolute Gasteiger partial charge is 0.312 e. The van der Waals surface area contributed by atoms with Crippen LogP contribution in [0.15, 0.2) is 23.1 Å². The van der Waals surface area contributed by atoms with Crippen LogP contribution < -0.4 is 9.62 Å². The summed E-state index contributed by atoms with van der Waals surface area (Å²) in [4.78, 5) is 28.2. The molecule has 0 radical (unpaired) electrons. The zero-order chi connectivity index (χ0) is 17.5.